The van der Waals surface area contributed by atoms with Gasteiger partial charge in [0.05, 0.1) is 6.54 Å². The van der Waals surface area contributed by atoms with E-state index < -0.39 is 6.04 Å². The van der Waals surface area contributed by atoms with Gasteiger partial charge in [0.2, 0.25) is 11.8 Å². The molecule has 26 heavy (non-hydrogen) atoms. The first kappa shape index (κ1) is 18.1. The number of nitrogens with one attached hydrogen (secondary N) is 1. The Kier molecular flexibility index (Phi) is 5.65. The maximum Gasteiger partial charge on any atom is 0.244 e. The zero-order chi connectivity index (χ0) is 18.5. The summed E-state index contributed by atoms with van der Waals surface area (Å²) in [4.78, 5) is 28.4. The van der Waals surface area contributed by atoms with Crippen molar-refractivity contribution in [3.8, 4) is 0 Å². The van der Waals surface area contributed by atoms with Crippen molar-refractivity contribution in [3.05, 3.63) is 47.7 Å². The predicted octanol–water partition coefficient (Wildman–Crippen LogP) is 0.766. The van der Waals surface area contributed by atoms with E-state index in [1.54, 1.807) is 17.9 Å². The van der Waals surface area contributed by atoms with Crippen LogP contribution in [0.25, 0.3) is 0 Å². The first-order valence-corrected chi connectivity index (χ1v) is 8.58. The van der Waals surface area contributed by atoms with Crippen LogP contribution in [0, 0.1) is 6.92 Å². The lowest BCUT2D eigenvalue weighted by molar-refractivity contribution is -0.134. The Labute approximate surface area is 151 Å². The van der Waals surface area contributed by atoms with Gasteiger partial charge in [-0.25, -0.2) is 0 Å². The number of anilines is 1. The van der Waals surface area contributed by atoms with Gasteiger partial charge in [-0.15, -0.1) is 0 Å². The lowest BCUT2D eigenvalue weighted by Crippen LogP contribution is -2.52. The molecule has 8 heteroatoms. The van der Waals surface area contributed by atoms with Crippen molar-refractivity contribution in [1.29, 1.82) is 0 Å². The second-order valence-corrected chi connectivity index (χ2v) is 6.36. The topological polar surface area (TPSA) is 105 Å². The first-order valence-electron chi connectivity index (χ1n) is 8.58. The summed E-state index contributed by atoms with van der Waals surface area (Å²) in [6.45, 7) is 4.36. The summed E-state index contributed by atoms with van der Waals surface area (Å²) in [7, 11) is 0. The highest BCUT2D eigenvalue weighted by Gasteiger charge is 2.26. The van der Waals surface area contributed by atoms with Crippen LogP contribution in [0.3, 0.4) is 0 Å². The van der Waals surface area contributed by atoms with Crippen molar-refractivity contribution in [1.82, 2.24) is 15.0 Å². The van der Waals surface area contributed by atoms with Gasteiger partial charge < -0.3 is 20.5 Å². The number of nitrogens with two attached hydrogens (primary N) is 1. The summed E-state index contributed by atoms with van der Waals surface area (Å²) in [5.74, 6) is 0.815. The third-order valence-corrected chi connectivity index (χ3v) is 4.37. The van der Waals surface area contributed by atoms with Gasteiger partial charge in [0.1, 0.15) is 11.8 Å². The Bertz CT molecular complexity index is 753. The highest BCUT2D eigenvalue weighted by molar-refractivity contribution is 5.91. The predicted molar refractivity (Wildman–Crippen MR) is 96.3 cm³/mol. The monoisotopic (exact) mass is 357 g/mol. The number of carbonyl (C=O) groups is 2. The number of hydrogen-bond donors (Lipinski definition) is 2. The van der Waals surface area contributed by atoms with Crippen LogP contribution >= 0.6 is 0 Å². The second kappa shape index (κ2) is 8.11. The number of benzene rings is 1. The summed E-state index contributed by atoms with van der Waals surface area (Å²) >= 11 is 0. The highest BCUT2D eigenvalue weighted by Crippen LogP contribution is 2.14. The Hall–Kier alpha value is -2.71. The third-order valence-electron chi connectivity index (χ3n) is 4.37. The average molecular weight is 357 g/mol. The molecule has 8 nitrogen and oxygen atoms in total. The van der Waals surface area contributed by atoms with E-state index in [9.17, 15) is 9.59 Å². The molecule has 1 aromatic carbocycles. The van der Waals surface area contributed by atoms with E-state index in [2.05, 4.69) is 10.5 Å². The Morgan fingerprint density at radius 3 is 2.54 bits per heavy atom. The summed E-state index contributed by atoms with van der Waals surface area (Å²) < 4.78 is 4.92. The molecule has 1 aliphatic rings. The first-order chi connectivity index (χ1) is 12.5. The van der Waals surface area contributed by atoms with Crippen molar-refractivity contribution in [2.24, 2.45) is 5.73 Å². The minimum atomic E-state index is -0.651. The van der Waals surface area contributed by atoms with Crippen LogP contribution in [-0.2, 0) is 9.59 Å². The smallest absolute Gasteiger partial charge is 0.244 e. The lowest BCUT2D eigenvalue weighted by Gasteiger charge is -2.35. The van der Waals surface area contributed by atoms with Gasteiger partial charge in [-0.1, -0.05) is 35.5 Å². The number of carbonyl (C=O) groups excluding carboxylic acids is 2. The van der Waals surface area contributed by atoms with Crippen LogP contribution in [0.5, 0.6) is 0 Å². The van der Waals surface area contributed by atoms with Crippen molar-refractivity contribution in [2.45, 2.75) is 13.0 Å². The molecular weight excluding hydrogens is 334 g/mol. The van der Waals surface area contributed by atoms with Gasteiger partial charge in [0.15, 0.2) is 5.82 Å². The summed E-state index contributed by atoms with van der Waals surface area (Å²) in [5, 5.41) is 6.44. The maximum absolute atomic E-state index is 12.6. The van der Waals surface area contributed by atoms with Crippen LogP contribution in [-0.4, -0.2) is 59.5 Å². The number of aryl methyl sites for hydroxylation is 1. The van der Waals surface area contributed by atoms with Crippen molar-refractivity contribution < 1.29 is 14.1 Å². The number of hydrogen-bond acceptors (Lipinski definition) is 6. The summed E-state index contributed by atoms with van der Waals surface area (Å²) in [6.07, 6.45) is 0. The molecule has 0 bridgehead atoms. The van der Waals surface area contributed by atoms with E-state index in [0.717, 1.165) is 5.56 Å². The van der Waals surface area contributed by atoms with Crippen LogP contribution in [0.2, 0.25) is 0 Å². The van der Waals surface area contributed by atoms with Crippen LogP contribution in [0.4, 0.5) is 5.82 Å². The van der Waals surface area contributed by atoms with E-state index in [-0.39, 0.29) is 18.4 Å². The lowest BCUT2D eigenvalue weighted by atomic mass is 10.1. The maximum atomic E-state index is 12.6. The van der Waals surface area contributed by atoms with E-state index >= 15 is 0 Å². The molecule has 1 unspecified atom stereocenters. The molecule has 2 amide bonds. The largest absolute Gasteiger partial charge is 0.360 e. The SMILES string of the molecule is Cc1cc(NC(=O)CN2CCN(C(=O)C(N)c3ccccc3)CC2)no1. The average Bonchev–Trinajstić information content (AvgIpc) is 3.06. The van der Waals surface area contributed by atoms with E-state index in [1.165, 1.54) is 0 Å². The van der Waals surface area contributed by atoms with Gasteiger partial charge in [0.25, 0.3) is 0 Å². The molecule has 0 aliphatic carbocycles. The fourth-order valence-corrected chi connectivity index (χ4v) is 2.94. The Morgan fingerprint density at radius 1 is 1.23 bits per heavy atom. The van der Waals surface area contributed by atoms with Crippen LogP contribution < -0.4 is 11.1 Å². The fourth-order valence-electron chi connectivity index (χ4n) is 2.94. The number of rotatable bonds is 5. The van der Waals surface area contributed by atoms with Gasteiger partial charge in [0, 0.05) is 32.2 Å². The van der Waals surface area contributed by atoms with Crippen LogP contribution in [0.15, 0.2) is 40.9 Å². The van der Waals surface area contributed by atoms with Crippen molar-refractivity contribution in [3.63, 3.8) is 0 Å². The second-order valence-electron chi connectivity index (χ2n) is 6.36. The number of amides is 2. The third kappa shape index (κ3) is 4.47. The van der Waals surface area contributed by atoms with Gasteiger partial charge in [-0.3, -0.25) is 14.5 Å². The quantitative estimate of drug-likeness (QED) is 0.819. The van der Waals surface area contributed by atoms with Gasteiger partial charge in [-0.05, 0) is 12.5 Å². The molecule has 3 N–H and O–H groups in total. The molecule has 138 valence electrons. The standard InChI is InChI=1S/C18H23N5O3/c1-13-11-15(21-26-13)20-16(24)12-22-7-9-23(10-8-22)18(25)17(19)14-5-3-2-4-6-14/h2-6,11,17H,7-10,12,19H2,1H3,(H,20,21,24). The van der Waals surface area contributed by atoms with Crippen LogP contribution in [0.1, 0.15) is 17.4 Å². The molecule has 1 atom stereocenters. The minimum Gasteiger partial charge on any atom is -0.360 e. The molecule has 2 aromatic rings. The molecular formula is C18H23N5O3. The highest BCUT2D eigenvalue weighted by atomic mass is 16.5. The van der Waals surface area contributed by atoms with Gasteiger partial charge >= 0.3 is 0 Å². The molecule has 1 aliphatic heterocycles. The Morgan fingerprint density at radius 2 is 1.92 bits per heavy atom. The molecule has 1 saturated heterocycles. The van der Waals surface area contributed by atoms with E-state index in [4.69, 9.17) is 10.3 Å². The molecule has 1 fully saturated rings. The van der Waals surface area contributed by atoms with Gasteiger partial charge in [-0.2, -0.15) is 0 Å². The van der Waals surface area contributed by atoms with E-state index in [1.807, 2.05) is 35.2 Å². The van der Waals surface area contributed by atoms with E-state index in [0.29, 0.717) is 37.8 Å². The summed E-state index contributed by atoms with van der Waals surface area (Å²) in [6, 6.07) is 10.4. The molecule has 3 rings (SSSR count). The molecule has 0 saturated carbocycles. The van der Waals surface area contributed by atoms with Crippen molar-refractivity contribution in [2.75, 3.05) is 38.0 Å². The zero-order valence-electron chi connectivity index (χ0n) is 14.7. The number of piperazine rings is 1. The summed E-state index contributed by atoms with van der Waals surface area (Å²) in [5.41, 5.74) is 6.90. The molecule has 0 radical (unpaired) electrons. The zero-order valence-corrected chi connectivity index (χ0v) is 14.7. The van der Waals surface area contributed by atoms with Crippen molar-refractivity contribution >= 4 is 17.6 Å². The molecule has 1 aromatic heterocycles. The normalized spacial score (nSPS) is 16.3. The number of aromatic nitrogens is 1. The molecule has 2 heterocycles. The minimum absolute atomic E-state index is 0.0848. The molecule has 0 spiro atoms. The number of nitrogens with zero attached hydrogens (tertiary/aromatic N) is 3. The fraction of sp³-hybridized carbons (Fsp3) is 0.389. The Balaban J connectivity index is 1.46.